The van der Waals surface area contributed by atoms with Gasteiger partial charge in [0.25, 0.3) is 0 Å². The Morgan fingerprint density at radius 1 is 1.00 bits per heavy atom. The van der Waals surface area contributed by atoms with E-state index in [2.05, 4.69) is 10.1 Å². The van der Waals surface area contributed by atoms with Gasteiger partial charge in [-0.25, -0.2) is 0 Å². The molecular weight excluding hydrogens is 294 g/mol. The van der Waals surface area contributed by atoms with Crippen LogP contribution in [0.15, 0.2) is 36.8 Å². The topological polar surface area (TPSA) is 30.7 Å². The summed E-state index contributed by atoms with van der Waals surface area (Å²) in [5.74, 6) is 0. The third-order valence-corrected chi connectivity index (χ3v) is 3.23. The fraction of sp³-hybridized carbons (Fsp3) is 0.333. The minimum absolute atomic E-state index is 0.753. The standard InChI is InChI=1S/C14H12ClN3.2C2H6/c1-9-3-12(15)4-10-5-14(16-7-13(9)10)11-6-17-18(2)8-11;2*1-2/h3-8H,1-2H3;2*1-2H3. The average molecular weight is 318 g/mol. The minimum atomic E-state index is 0.753. The first-order valence-corrected chi connectivity index (χ1v) is 8.06. The number of benzene rings is 1. The second-order valence-electron chi connectivity index (χ2n) is 4.42. The van der Waals surface area contributed by atoms with E-state index in [4.69, 9.17) is 11.6 Å². The molecule has 118 valence electrons. The van der Waals surface area contributed by atoms with E-state index in [1.54, 1.807) is 4.68 Å². The smallest absolute Gasteiger partial charge is 0.0739 e. The van der Waals surface area contributed by atoms with Gasteiger partial charge in [-0.05, 0) is 36.1 Å². The number of hydrogen-bond donors (Lipinski definition) is 0. The summed E-state index contributed by atoms with van der Waals surface area (Å²) >= 11 is 6.09. The Morgan fingerprint density at radius 3 is 2.27 bits per heavy atom. The van der Waals surface area contributed by atoms with Crippen molar-refractivity contribution in [2.24, 2.45) is 7.05 Å². The molecule has 0 saturated carbocycles. The lowest BCUT2D eigenvalue weighted by Gasteiger charge is -2.04. The van der Waals surface area contributed by atoms with Crippen molar-refractivity contribution in [1.29, 1.82) is 0 Å². The van der Waals surface area contributed by atoms with Crippen molar-refractivity contribution in [2.45, 2.75) is 34.6 Å². The van der Waals surface area contributed by atoms with E-state index in [9.17, 15) is 0 Å². The Morgan fingerprint density at radius 2 is 1.68 bits per heavy atom. The molecule has 3 aromatic rings. The Hall–Kier alpha value is -1.87. The molecule has 2 heterocycles. The van der Waals surface area contributed by atoms with Gasteiger partial charge in [0.1, 0.15) is 0 Å². The van der Waals surface area contributed by atoms with E-state index in [-0.39, 0.29) is 0 Å². The number of aryl methyl sites for hydroxylation is 2. The quantitative estimate of drug-likeness (QED) is 0.580. The summed E-state index contributed by atoms with van der Waals surface area (Å²) in [6.07, 6.45) is 5.65. The van der Waals surface area contributed by atoms with E-state index in [0.717, 1.165) is 32.6 Å². The minimum Gasteiger partial charge on any atom is -0.275 e. The molecule has 22 heavy (non-hydrogen) atoms. The summed E-state index contributed by atoms with van der Waals surface area (Å²) in [6.45, 7) is 10.0. The average Bonchev–Trinajstić information content (AvgIpc) is 2.97. The first kappa shape index (κ1) is 18.2. The lowest BCUT2D eigenvalue weighted by molar-refractivity contribution is 0.768. The van der Waals surface area contributed by atoms with Gasteiger partial charge in [-0.3, -0.25) is 9.67 Å². The third kappa shape index (κ3) is 4.08. The van der Waals surface area contributed by atoms with Gasteiger partial charge in [-0.2, -0.15) is 5.10 Å². The van der Waals surface area contributed by atoms with Crippen molar-refractivity contribution in [3.8, 4) is 11.3 Å². The highest BCUT2D eigenvalue weighted by atomic mass is 35.5. The maximum absolute atomic E-state index is 6.09. The zero-order valence-electron chi connectivity index (χ0n) is 14.2. The summed E-state index contributed by atoms with van der Waals surface area (Å²) in [5, 5.41) is 7.15. The van der Waals surface area contributed by atoms with Gasteiger partial charge in [0, 0.05) is 35.4 Å². The van der Waals surface area contributed by atoms with Crippen LogP contribution in [0.4, 0.5) is 0 Å². The van der Waals surface area contributed by atoms with Gasteiger partial charge >= 0.3 is 0 Å². The molecule has 0 fully saturated rings. The second kappa shape index (κ2) is 8.54. The second-order valence-corrected chi connectivity index (χ2v) is 4.85. The van der Waals surface area contributed by atoms with Crippen LogP contribution in [0.5, 0.6) is 0 Å². The van der Waals surface area contributed by atoms with Gasteiger partial charge in [0.05, 0.1) is 11.9 Å². The zero-order valence-corrected chi connectivity index (χ0v) is 14.9. The molecule has 2 aromatic heterocycles. The van der Waals surface area contributed by atoms with Crippen LogP contribution >= 0.6 is 11.6 Å². The van der Waals surface area contributed by atoms with Gasteiger partial charge < -0.3 is 0 Å². The zero-order chi connectivity index (χ0) is 16.7. The number of hydrogen-bond acceptors (Lipinski definition) is 2. The normalized spacial score (nSPS) is 9.59. The molecule has 0 unspecified atom stereocenters. The van der Waals surface area contributed by atoms with Gasteiger partial charge in [-0.15, -0.1) is 0 Å². The van der Waals surface area contributed by atoms with Crippen molar-refractivity contribution in [3.05, 3.63) is 47.4 Å². The van der Waals surface area contributed by atoms with Gasteiger partial charge in [-0.1, -0.05) is 39.3 Å². The third-order valence-electron chi connectivity index (χ3n) is 3.01. The predicted molar refractivity (Wildman–Crippen MR) is 96.4 cm³/mol. The Kier molecular flexibility index (Phi) is 7.06. The molecular formula is C18H24ClN3. The lowest BCUT2D eigenvalue weighted by atomic mass is 10.1. The van der Waals surface area contributed by atoms with E-state index < -0.39 is 0 Å². The molecule has 1 aromatic carbocycles. The fourth-order valence-corrected chi connectivity index (χ4v) is 2.39. The lowest BCUT2D eigenvalue weighted by Crippen LogP contribution is -1.86. The van der Waals surface area contributed by atoms with Crippen molar-refractivity contribution in [3.63, 3.8) is 0 Å². The molecule has 0 bridgehead atoms. The molecule has 0 amide bonds. The van der Waals surface area contributed by atoms with Crippen molar-refractivity contribution in [1.82, 2.24) is 14.8 Å². The van der Waals surface area contributed by atoms with Crippen LogP contribution in [0.25, 0.3) is 22.0 Å². The first-order valence-electron chi connectivity index (χ1n) is 7.68. The summed E-state index contributed by atoms with van der Waals surface area (Å²) in [4.78, 5) is 4.48. The Labute approximate surface area is 138 Å². The van der Waals surface area contributed by atoms with E-state index in [1.165, 1.54) is 0 Å². The number of pyridine rings is 1. The predicted octanol–water partition coefficient (Wildman–Crippen LogP) is 5.65. The fourth-order valence-electron chi connectivity index (χ4n) is 2.11. The molecule has 3 nitrogen and oxygen atoms in total. The van der Waals surface area contributed by atoms with Gasteiger partial charge in [0.2, 0.25) is 0 Å². The number of aromatic nitrogens is 3. The van der Waals surface area contributed by atoms with Crippen LogP contribution in [0.3, 0.4) is 0 Å². The van der Waals surface area contributed by atoms with E-state index in [0.29, 0.717) is 0 Å². The molecule has 0 radical (unpaired) electrons. The highest BCUT2D eigenvalue weighted by Crippen LogP contribution is 2.26. The molecule has 0 atom stereocenters. The number of nitrogens with zero attached hydrogens (tertiary/aromatic N) is 3. The molecule has 0 spiro atoms. The summed E-state index contributed by atoms with van der Waals surface area (Å²) in [7, 11) is 1.89. The molecule has 4 heteroatoms. The monoisotopic (exact) mass is 317 g/mol. The largest absolute Gasteiger partial charge is 0.275 e. The highest BCUT2D eigenvalue weighted by molar-refractivity contribution is 6.31. The number of fused-ring (bicyclic) bond motifs is 1. The van der Waals surface area contributed by atoms with Crippen molar-refractivity contribution < 1.29 is 0 Å². The highest BCUT2D eigenvalue weighted by Gasteiger charge is 2.05. The summed E-state index contributed by atoms with van der Waals surface area (Å²) in [6, 6.07) is 5.96. The van der Waals surface area contributed by atoms with Crippen LogP contribution in [-0.4, -0.2) is 14.8 Å². The van der Waals surface area contributed by atoms with E-state index in [1.807, 2.05) is 78.5 Å². The molecule has 0 aliphatic rings. The van der Waals surface area contributed by atoms with Crippen LogP contribution in [-0.2, 0) is 7.05 Å². The van der Waals surface area contributed by atoms with Crippen LogP contribution in [0.1, 0.15) is 33.3 Å². The number of halogens is 1. The van der Waals surface area contributed by atoms with Crippen molar-refractivity contribution in [2.75, 3.05) is 0 Å². The van der Waals surface area contributed by atoms with Crippen LogP contribution in [0, 0.1) is 6.92 Å². The number of rotatable bonds is 1. The molecule has 0 aliphatic carbocycles. The van der Waals surface area contributed by atoms with Crippen LogP contribution in [0.2, 0.25) is 5.02 Å². The Balaban J connectivity index is 0.000000561. The molecule has 3 rings (SSSR count). The first-order chi connectivity index (χ1) is 10.6. The van der Waals surface area contributed by atoms with Gasteiger partial charge in [0.15, 0.2) is 0 Å². The molecule has 0 aliphatic heterocycles. The molecule has 0 N–H and O–H groups in total. The summed E-state index contributed by atoms with van der Waals surface area (Å²) in [5.41, 5.74) is 3.07. The Bertz CT molecular complexity index is 732. The van der Waals surface area contributed by atoms with Crippen molar-refractivity contribution >= 4 is 22.4 Å². The maximum Gasteiger partial charge on any atom is 0.0739 e. The van der Waals surface area contributed by atoms with E-state index >= 15 is 0 Å². The molecule has 0 saturated heterocycles. The van der Waals surface area contributed by atoms with Crippen LogP contribution < -0.4 is 0 Å². The maximum atomic E-state index is 6.09. The SMILES string of the molecule is CC.CC.Cc1cc(Cl)cc2cc(-c3cnn(C)c3)ncc12. The summed E-state index contributed by atoms with van der Waals surface area (Å²) < 4.78 is 1.77.